The van der Waals surface area contributed by atoms with Crippen molar-refractivity contribution in [3.8, 4) is 22.8 Å². The van der Waals surface area contributed by atoms with Gasteiger partial charge in [0, 0.05) is 24.6 Å². The van der Waals surface area contributed by atoms with Crippen LogP contribution in [-0.2, 0) is 6.61 Å². The number of hydrogen-bond donors (Lipinski definition) is 3. The summed E-state index contributed by atoms with van der Waals surface area (Å²) in [5.41, 5.74) is 9.80. The van der Waals surface area contributed by atoms with Gasteiger partial charge in [-0.05, 0) is 43.3 Å². The zero-order chi connectivity index (χ0) is 21.8. The van der Waals surface area contributed by atoms with E-state index in [0.717, 1.165) is 27.9 Å². The Labute approximate surface area is 180 Å². The quantitative estimate of drug-likeness (QED) is 0.376. The Bertz CT molecular complexity index is 1190. The maximum Gasteiger partial charge on any atom is 0.154 e. The largest absolute Gasteiger partial charge is 0.493 e. The molecule has 0 aliphatic rings. The summed E-state index contributed by atoms with van der Waals surface area (Å²) in [5, 5.41) is 23.9. The molecule has 1 aromatic carbocycles. The first-order valence-electron chi connectivity index (χ1n) is 10.2. The highest BCUT2D eigenvalue weighted by Gasteiger charge is 2.15. The van der Waals surface area contributed by atoms with Gasteiger partial charge in [-0.2, -0.15) is 5.10 Å². The molecule has 0 amide bonds. The van der Waals surface area contributed by atoms with E-state index in [9.17, 15) is 5.11 Å². The summed E-state index contributed by atoms with van der Waals surface area (Å²) in [7, 11) is 0. The number of benzene rings is 1. The molecule has 0 fully saturated rings. The SMILES string of the molecule is C[C@H](N)c1cccc(-c2cc(OCCCO)c3cnn(-c4cccc(CO)n4)c3c2)n1. The van der Waals surface area contributed by atoms with Gasteiger partial charge in [-0.3, -0.25) is 4.98 Å². The summed E-state index contributed by atoms with van der Waals surface area (Å²) in [6, 6.07) is 14.9. The maximum absolute atomic E-state index is 9.45. The third kappa shape index (κ3) is 4.41. The molecule has 1 atom stereocenters. The van der Waals surface area contributed by atoms with E-state index in [-0.39, 0.29) is 19.3 Å². The number of ether oxygens (including phenoxy) is 1. The summed E-state index contributed by atoms with van der Waals surface area (Å²) in [5.74, 6) is 1.25. The number of pyridine rings is 2. The van der Waals surface area contributed by atoms with Crippen molar-refractivity contribution in [1.29, 1.82) is 0 Å². The number of rotatable bonds is 8. The van der Waals surface area contributed by atoms with Crippen molar-refractivity contribution < 1.29 is 14.9 Å². The Morgan fingerprint density at radius 2 is 1.94 bits per heavy atom. The molecule has 0 radical (unpaired) electrons. The zero-order valence-electron chi connectivity index (χ0n) is 17.3. The average molecular weight is 419 g/mol. The van der Waals surface area contributed by atoms with E-state index in [0.29, 0.717) is 30.3 Å². The Morgan fingerprint density at radius 1 is 1.10 bits per heavy atom. The summed E-state index contributed by atoms with van der Waals surface area (Å²) < 4.78 is 7.68. The zero-order valence-corrected chi connectivity index (χ0v) is 17.3. The second-order valence-electron chi connectivity index (χ2n) is 7.27. The van der Waals surface area contributed by atoms with E-state index in [1.807, 2.05) is 49.4 Å². The van der Waals surface area contributed by atoms with Gasteiger partial charge in [0.1, 0.15) is 5.75 Å². The fraction of sp³-hybridized carbons (Fsp3) is 0.261. The third-order valence-electron chi connectivity index (χ3n) is 4.91. The van der Waals surface area contributed by atoms with E-state index in [4.69, 9.17) is 20.6 Å². The number of hydrogen-bond acceptors (Lipinski definition) is 7. The number of aromatic nitrogens is 4. The highest BCUT2D eigenvalue weighted by atomic mass is 16.5. The highest BCUT2D eigenvalue weighted by Crippen LogP contribution is 2.33. The molecule has 0 unspecified atom stereocenters. The molecule has 3 aromatic heterocycles. The number of fused-ring (bicyclic) bond motifs is 1. The summed E-state index contributed by atoms with van der Waals surface area (Å²) >= 11 is 0. The maximum atomic E-state index is 9.45. The van der Waals surface area contributed by atoms with Crippen LogP contribution >= 0.6 is 0 Å². The van der Waals surface area contributed by atoms with E-state index < -0.39 is 0 Å². The van der Waals surface area contributed by atoms with Gasteiger partial charge in [-0.15, -0.1) is 0 Å². The van der Waals surface area contributed by atoms with Gasteiger partial charge in [0.05, 0.1) is 47.4 Å². The highest BCUT2D eigenvalue weighted by molar-refractivity contribution is 5.90. The van der Waals surface area contributed by atoms with Crippen LogP contribution < -0.4 is 10.5 Å². The van der Waals surface area contributed by atoms with E-state index in [2.05, 4.69) is 10.1 Å². The number of aliphatic hydroxyl groups is 2. The fourth-order valence-corrected chi connectivity index (χ4v) is 3.33. The predicted octanol–water partition coefficient (Wildman–Crippen LogP) is 2.76. The van der Waals surface area contributed by atoms with E-state index in [1.54, 1.807) is 16.9 Å². The molecule has 0 bridgehead atoms. The van der Waals surface area contributed by atoms with Gasteiger partial charge in [0.25, 0.3) is 0 Å². The normalized spacial score (nSPS) is 12.3. The van der Waals surface area contributed by atoms with Gasteiger partial charge < -0.3 is 20.7 Å². The Morgan fingerprint density at radius 3 is 2.71 bits per heavy atom. The molecule has 0 spiro atoms. The molecular formula is C23H25N5O3. The lowest BCUT2D eigenvalue weighted by molar-refractivity contribution is 0.235. The van der Waals surface area contributed by atoms with Gasteiger partial charge in [-0.1, -0.05) is 12.1 Å². The Hall–Kier alpha value is -3.33. The van der Waals surface area contributed by atoms with Crippen LogP contribution in [0.1, 0.15) is 30.8 Å². The Balaban J connectivity index is 1.87. The summed E-state index contributed by atoms with van der Waals surface area (Å²) in [6.45, 7) is 2.18. The van der Waals surface area contributed by atoms with Crippen LogP contribution in [0.25, 0.3) is 28.0 Å². The first-order valence-corrected chi connectivity index (χ1v) is 10.2. The van der Waals surface area contributed by atoms with Gasteiger partial charge >= 0.3 is 0 Å². The van der Waals surface area contributed by atoms with Gasteiger partial charge in [0.15, 0.2) is 5.82 Å². The molecule has 8 nitrogen and oxygen atoms in total. The molecule has 4 N–H and O–H groups in total. The monoisotopic (exact) mass is 419 g/mol. The Kier molecular flexibility index (Phi) is 6.22. The van der Waals surface area contributed by atoms with Crippen molar-refractivity contribution in [3.05, 3.63) is 66.1 Å². The summed E-state index contributed by atoms with van der Waals surface area (Å²) in [4.78, 5) is 9.18. The number of nitrogens with zero attached hydrogens (tertiary/aromatic N) is 4. The van der Waals surface area contributed by atoms with Crippen LogP contribution in [0.4, 0.5) is 0 Å². The molecular weight excluding hydrogens is 394 g/mol. The lowest BCUT2D eigenvalue weighted by Crippen LogP contribution is -2.07. The molecule has 31 heavy (non-hydrogen) atoms. The molecule has 0 aliphatic carbocycles. The average Bonchev–Trinajstić information content (AvgIpc) is 3.23. The molecule has 0 aliphatic heterocycles. The van der Waals surface area contributed by atoms with Crippen LogP contribution in [0.2, 0.25) is 0 Å². The topological polar surface area (TPSA) is 119 Å². The fourth-order valence-electron chi connectivity index (χ4n) is 3.33. The van der Waals surface area contributed by atoms with Crippen LogP contribution in [0.5, 0.6) is 5.75 Å². The summed E-state index contributed by atoms with van der Waals surface area (Å²) in [6.07, 6.45) is 2.25. The molecule has 0 saturated heterocycles. The minimum atomic E-state index is -0.181. The second kappa shape index (κ2) is 9.22. The lowest BCUT2D eigenvalue weighted by atomic mass is 10.1. The predicted molar refractivity (Wildman–Crippen MR) is 118 cm³/mol. The first kappa shape index (κ1) is 20.9. The lowest BCUT2D eigenvalue weighted by Gasteiger charge is -2.12. The second-order valence-corrected chi connectivity index (χ2v) is 7.27. The molecule has 8 heteroatoms. The third-order valence-corrected chi connectivity index (χ3v) is 4.91. The van der Waals surface area contributed by atoms with Crippen LogP contribution in [0, 0.1) is 0 Å². The molecule has 3 heterocycles. The smallest absolute Gasteiger partial charge is 0.154 e. The van der Waals surface area contributed by atoms with Crippen LogP contribution in [0.15, 0.2) is 54.7 Å². The van der Waals surface area contributed by atoms with E-state index in [1.165, 1.54) is 0 Å². The number of aliphatic hydroxyl groups excluding tert-OH is 2. The van der Waals surface area contributed by atoms with Crippen molar-refractivity contribution in [2.24, 2.45) is 5.73 Å². The van der Waals surface area contributed by atoms with Gasteiger partial charge in [-0.25, -0.2) is 9.67 Å². The first-order chi connectivity index (χ1) is 15.1. The van der Waals surface area contributed by atoms with Crippen LogP contribution in [0.3, 0.4) is 0 Å². The number of nitrogens with two attached hydrogens (primary N) is 1. The van der Waals surface area contributed by atoms with Crippen molar-refractivity contribution in [2.75, 3.05) is 13.2 Å². The standard InChI is InChI=1S/C23H25N5O3/c1-15(24)19-6-3-7-20(27-19)16-11-21-18(22(12-16)31-10-4-9-29)13-25-28(21)23-8-2-5-17(14-30)26-23/h2-3,5-8,11-13,15,29-30H,4,9-10,14,24H2,1H3/t15-/m0/s1. The van der Waals surface area contributed by atoms with Crippen molar-refractivity contribution in [1.82, 2.24) is 19.7 Å². The molecule has 4 aromatic rings. The molecule has 160 valence electrons. The van der Waals surface area contributed by atoms with E-state index >= 15 is 0 Å². The van der Waals surface area contributed by atoms with Crippen molar-refractivity contribution >= 4 is 10.9 Å². The minimum absolute atomic E-state index is 0.0535. The van der Waals surface area contributed by atoms with Gasteiger partial charge in [0.2, 0.25) is 0 Å². The van der Waals surface area contributed by atoms with Crippen molar-refractivity contribution in [2.45, 2.75) is 26.0 Å². The van der Waals surface area contributed by atoms with Crippen LogP contribution in [-0.4, -0.2) is 43.2 Å². The molecule has 4 rings (SSSR count). The minimum Gasteiger partial charge on any atom is -0.493 e. The molecule has 0 saturated carbocycles. The van der Waals surface area contributed by atoms with Crippen molar-refractivity contribution in [3.63, 3.8) is 0 Å².